The largest absolute Gasteiger partial charge is 0.508 e. The number of nitrogens with zero attached hydrogens (tertiary/aromatic N) is 1. The zero-order valence-electron chi connectivity index (χ0n) is 5.33. The third kappa shape index (κ3) is 1.13. The number of hydrogen-bond acceptors (Lipinski definition) is 2. The molecule has 0 unspecified atom stereocenters. The van der Waals surface area contributed by atoms with Crippen molar-refractivity contribution in [3.8, 4) is 0 Å². The molecular formula is C7H9NO. The monoisotopic (exact) mass is 123 g/mol. The van der Waals surface area contributed by atoms with Crippen LogP contribution in [0.25, 0.3) is 0 Å². The van der Waals surface area contributed by atoms with E-state index in [4.69, 9.17) is 5.11 Å². The maximum Gasteiger partial charge on any atom is 0.119 e. The van der Waals surface area contributed by atoms with Gasteiger partial charge in [0.15, 0.2) is 0 Å². The molecule has 1 N–H and O–H groups in total. The van der Waals surface area contributed by atoms with Gasteiger partial charge in [0.1, 0.15) is 5.76 Å². The van der Waals surface area contributed by atoms with Crippen LogP contribution in [0.3, 0.4) is 0 Å². The fourth-order valence-electron chi connectivity index (χ4n) is 0.605. The van der Waals surface area contributed by atoms with E-state index in [-0.39, 0.29) is 5.76 Å². The molecule has 0 aromatic rings. The number of likely N-dealkylation sites (N-methyl/N-ethyl adjacent to an activating group) is 1. The SMILES string of the molecule is C=C1C=C(O)C=CN1C. The Balaban J connectivity index is 2.82. The van der Waals surface area contributed by atoms with Crippen molar-refractivity contribution in [1.29, 1.82) is 0 Å². The molecule has 2 heteroatoms. The summed E-state index contributed by atoms with van der Waals surface area (Å²) in [5.41, 5.74) is 0.801. The summed E-state index contributed by atoms with van der Waals surface area (Å²) < 4.78 is 0. The molecule has 0 aromatic carbocycles. The fraction of sp³-hybridized carbons (Fsp3) is 0.143. The van der Waals surface area contributed by atoms with E-state index in [0.29, 0.717) is 0 Å². The summed E-state index contributed by atoms with van der Waals surface area (Å²) in [5, 5.41) is 8.88. The Morgan fingerprint density at radius 3 is 2.78 bits per heavy atom. The highest BCUT2D eigenvalue weighted by molar-refractivity contribution is 5.28. The molecule has 0 fully saturated rings. The van der Waals surface area contributed by atoms with Crippen LogP contribution >= 0.6 is 0 Å². The van der Waals surface area contributed by atoms with Crippen LogP contribution in [0.4, 0.5) is 0 Å². The number of allylic oxidation sites excluding steroid dienone is 2. The number of aliphatic hydroxyl groups is 1. The van der Waals surface area contributed by atoms with E-state index in [2.05, 4.69) is 6.58 Å². The Kier molecular flexibility index (Phi) is 1.30. The highest BCUT2D eigenvalue weighted by atomic mass is 16.3. The van der Waals surface area contributed by atoms with Crippen molar-refractivity contribution < 1.29 is 5.11 Å². The van der Waals surface area contributed by atoms with Gasteiger partial charge in [0, 0.05) is 25.0 Å². The van der Waals surface area contributed by atoms with Crippen molar-refractivity contribution in [3.63, 3.8) is 0 Å². The number of hydrogen-bond donors (Lipinski definition) is 1. The van der Waals surface area contributed by atoms with Crippen LogP contribution in [0, 0.1) is 0 Å². The molecule has 9 heavy (non-hydrogen) atoms. The summed E-state index contributed by atoms with van der Waals surface area (Å²) in [5.74, 6) is 0.262. The molecule has 2 nitrogen and oxygen atoms in total. The van der Waals surface area contributed by atoms with Gasteiger partial charge in [-0.2, -0.15) is 0 Å². The summed E-state index contributed by atoms with van der Waals surface area (Å²) in [7, 11) is 1.88. The van der Waals surface area contributed by atoms with Crippen molar-refractivity contribution in [2.75, 3.05) is 7.05 Å². The Bertz CT molecular complexity index is 191. The zero-order chi connectivity index (χ0) is 6.85. The minimum absolute atomic E-state index is 0.262. The molecule has 48 valence electrons. The smallest absolute Gasteiger partial charge is 0.119 e. The maximum absolute atomic E-state index is 8.88. The van der Waals surface area contributed by atoms with Gasteiger partial charge in [0.05, 0.1) is 0 Å². The summed E-state index contributed by atoms with van der Waals surface area (Å²) in [6, 6.07) is 0. The molecule has 0 saturated carbocycles. The minimum atomic E-state index is 0.262. The summed E-state index contributed by atoms with van der Waals surface area (Å²) in [4.78, 5) is 1.83. The number of rotatable bonds is 0. The second kappa shape index (κ2) is 1.97. The molecule has 0 radical (unpaired) electrons. The molecule has 0 saturated heterocycles. The van der Waals surface area contributed by atoms with Crippen molar-refractivity contribution in [1.82, 2.24) is 4.90 Å². The molecule has 1 aliphatic rings. The minimum Gasteiger partial charge on any atom is -0.508 e. The van der Waals surface area contributed by atoms with Crippen LogP contribution in [0.15, 0.2) is 36.4 Å². The Hall–Kier alpha value is -1.18. The van der Waals surface area contributed by atoms with Gasteiger partial charge in [0.2, 0.25) is 0 Å². The maximum atomic E-state index is 8.88. The third-order valence-corrected chi connectivity index (χ3v) is 1.24. The standard InChI is InChI=1S/C7H9NO/c1-6-5-7(9)3-4-8(6)2/h3-5,9H,1H2,2H3. The molecule has 1 aliphatic heterocycles. The first-order valence-corrected chi connectivity index (χ1v) is 2.71. The van der Waals surface area contributed by atoms with Crippen molar-refractivity contribution >= 4 is 0 Å². The zero-order valence-corrected chi connectivity index (χ0v) is 5.33. The predicted octanol–water partition coefficient (Wildman–Crippen LogP) is 1.40. The van der Waals surface area contributed by atoms with Crippen LogP contribution in [-0.2, 0) is 0 Å². The number of aliphatic hydroxyl groups excluding tert-OH is 1. The first-order valence-electron chi connectivity index (χ1n) is 2.71. The second-order valence-corrected chi connectivity index (χ2v) is 1.99. The molecule has 1 heterocycles. The van der Waals surface area contributed by atoms with Gasteiger partial charge in [-0.1, -0.05) is 6.58 Å². The van der Waals surface area contributed by atoms with Gasteiger partial charge in [0.25, 0.3) is 0 Å². The molecule has 0 aromatic heterocycles. The van der Waals surface area contributed by atoms with Crippen LogP contribution < -0.4 is 0 Å². The third-order valence-electron chi connectivity index (χ3n) is 1.24. The van der Waals surface area contributed by atoms with Gasteiger partial charge in [-0.15, -0.1) is 0 Å². The Morgan fingerprint density at radius 2 is 2.33 bits per heavy atom. The van der Waals surface area contributed by atoms with Crippen molar-refractivity contribution in [3.05, 3.63) is 36.4 Å². The van der Waals surface area contributed by atoms with E-state index in [0.717, 1.165) is 5.70 Å². The van der Waals surface area contributed by atoms with Gasteiger partial charge in [-0.05, 0) is 6.08 Å². The Labute approximate surface area is 54.4 Å². The molecule has 0 bridgehead atoms. The quantitative estimate of drug-likeness (QED) is 0.526. The van der Waals surface area contributed by atoms with E-state index in [9.17, 15) is 0 Å². The highest BCUT2D eigenvalue weighted by Gasteiger charge is 2.00. The normalized spacial score (nSPS) is 18.1. The van der Waals surface area contributed by atoms with E-state index in [1.807, 2.05) is 11.9 Å². The van der Waals surface area contributed by atoms with Gasteiger partial charge >= 0.3 is 0 Å². The summed E-state index contributed by atoms with van der Waals surface area (Å²) >= 11 is 0. The molecule has 0 amide bonds. The van der Waals surface area contributed by atoms with Gasteiger partial charge < -0.3 is 10.0 Å². The molecule has 0 aliphatic carbocycles. The Morgan fingerprint density at radius 1 is 1.67 bits per heavy atom. The molecule has 0 spiro atoms. The average Bonchev–Trinajstić information content (AvgIpc) is 1.80. The molecule has 1 rings (SSSR count). The highest BCUT2D eigenvalue weighted by Crippen LogP contribution is 2.10. The summed E-state index contributed by atoms with van der Waals surface area (Å²) in [6.45, 7) is 3.68. The molecular weight excluding hydrogens is 114 g/mol. The van der Waals surface area contributed by atoms with Gasteiger partial charge in [-0.25, -0.2) is 0 Å². The predicted molar refractivity (Wildman–Crippen MR) is 36.8 cm³/mol. The van der Waals surface area contributed by atoms with E-state index in [1.165, 1.54) is 0 Å². The van der Waals surface area contributed by atoms with Crippen LogP contribution in [0.2, 0.25) is 0 Å². The first-order chi connectivity index (χ1) is 4.20. The van der Waals surface area contributed by atoms with Crippen molar-refractivity contribution in [2.45, 2.75) is 0 Å². The van der Waals surface area contributed by atoms with Crippen molar-refractivity contribution in [2.24, 2.45) is 0 Å². The lowest BCUT2D eigenvalue weighted by Crippen LogP contribution is -2.10. The lowest BCUT2D eigenvalue weighted by Gasteiger charge is -2.16. The van der Waals surface area contributed by atoms with E-state index in [1.54, 1.807) is 18.4 Å². The van der Waals surface area contributed by atoms with E-state index < -0.39 is 0 Å². The second-order valence-electron chi connectivity index (χ2n) is 1.99. The fourth-order valence-corrected chi connectivity index (χ4v) is 0.605. The van der Waals surface area contributed by atoms with E-state index >= 15 is 0 Å². The molecule has 0 atom stereocenters. The topological polar surface area (TPSA) is 23.5 Å². The average molecular weight is 123 g/mol. The van der Waals surface area contributed by atoms with Crippen LogP contribution in [-0.4, -0.2) is 17.1 Å². The van der Waals surface area contributed by atoms with Crippen LogP contribution in [0.5, 0.6) is 0 Å². The van der Waals surface area contributed by atoms with Gasteiger partial charge in [-0.3, -0.25) is 0 Å². The lowest BCUT2D eigenvalue weighted by atomic mass is 10.3. The summed E-state index contributed by atoms with van der Waals surface area (Å²) in [6.07, 6.45) is 4.99. The first kappa shape index (κ1) is 5.95. The lowest BCUT2D eigenvalue weighted by molar-refractivity contribution is 0.419. The van der Waals surface area contributed by atoms with Crippen LogP contribution in [0.1, 0.15) is 0 Å².